The van der Waals surface area contributed by atoms with E-state index in [1.165, 1.54) is 6.42 Å². The van der Waals surface area contributed by atoms with Crippen LogP contribution < -0.4 is 0 Å². The number of ether oxygens (including phenoxy) is 1. The fraction of sp³-hybridized carbons (Fsp3) is 1.00. The summed E-state index contributed by atoms with van der Waals surface area (Å²) in [6, 6.07) is 0.483. The van der Waals surface area contributed by atoms with Gasteiger partial charge in [0.25, 0.3) is 0 Å². The lowest BCUT2D eigenvalue weighted by molar-refractivity contribution is -0.0160. The van der Waals surface area contributed by atoms with Gasteiger partial charge in [0.15, 0.2) is 0 Å². The van der Waals surface area contributed by atoms with Crippen LogP contribution in [0.15, 0.2) is 0 Å². The summed E-state index contributed by atoms with van der Waals surface area (Å²) in [5.74, 6) is 0.751. The van der Waals surface area contributed by atoms with Crippen LogP contribution in [0.2, 0.25) is 0 Å². The van der Waals surface area contributed by atoms with Crippen molar-refractivity contribution in [1.82, 2.24) is 9.80 Å². The van der Waals surface area contributed by atoms with Crippen LogP contribution in [0, 0.1) is 5.92 Å². The Balaban J connectivity index is 2.22. The number of hydrogen-bond donors (Lipinski definition) is 1. The lowest BCUT2D eigenvalue weighted by Gasteiger charge is -2.23. The Labute approximate surface area is 125 Å². The molecule has 0 aliphatic carbocycles. The van der Waals surface area contributed by atoms with E-state index in [9.17, 15) is 5.11 Å². The fourth-order valence-electron chi connectivity index (χ4n) is 2.57. The number of likely N-dealkylation sites (tertiary alicyclic amines) is 1. The van der Waals surface area contributed by atoms with Gasteiger partial charge in [-0.15, -0.1) is 0 Å². The van der Waals surface area contributed by atoms with Crippen LogP contribution in [0.5, 0.6) is 0 Å². The molecule has 0 spiro atoms. The average Bonchev–Trinajstić information content (AvgIpc) is 2.75. The molecule has 20 heavy (non-hydrogen) atoms. The normalized spacial score (nSPS) is 24.4. The van der Waals surface area contributed by atoms with Gasteiger partial charge in [-0.05, 0) is 39.3 Å². The molecule has 0 bridgehead atoms. The third kappa shape index (κ3) is 6.08. The summed E-state index contributed by atoms with van der Waals surface area (Å²) in [7, 11) is 0. The average molecular weight is 286 g/mol. The third-order valence-corrected chi connectivity index (χ3v) is 4.20. The summed E-state index contributed by atoms with van der Waals surface area (Å²) < 4.78 is 5.90. The van der Waals surface area contributed by atoms with Gasteiger partial charge in [0.2, 0.25) is 0 Å². The number of aliphatic hydroxyl groups excluding tert-OH is 1. The van der Waals surface area contributed by atoms with E-state index in [-0.39, 0.29) is 12.2 Å². The summed E-state index contributed by atoms with van der Waals surface area (Å²) in [6.45, 7) is 16.6. The first-order chi connectivity index (χ1) is 9.43. The van der Waals surface area contributed by atoms with E-state index in [0.717, 1.165) is 45.2 Å². The van der Waals surface area contributed by atoms with Crippen LogP contribution in [-0.4, -0.2) is 72.5 Å². The maximum Gasteiger partial charge on any atom is 0.0973 e. The molecule has 0 aromatic carbocycles. The molecule has 0 unspecified atom stereocenters. The van der Waals surface area contributed by atoms with Crippen molar-refractivity contribution in [1.29, 1.82) is 0 Å². The van der Waals surface area contributed by atoms with Crippen molar-refractivity contribution < 1.29 is 9.84 Å². The molecule has 4 nitrogen and oxygen atoms in total. The number of β-amino-alcohol motifs (C(OH)–C–C–N with tert-alkyl or cyclic N) is 1. The van der Waals surface area contributed by atoms with Crippen molar-refractivity contribution in [2.24, 2.45) is 5.92 Å². The molecule has 4 heteroatoms. The maximum atomic E-state index is 10.0. The third-order valence-electron chi connectivity index (χ3n) is 4.20. The van der Waals surface area contributed by atoms with E-state index in [1.807, 2.05) is 0 Å². The van der Waals surface area contributed by atoms with Crippen LogP contribution in [0.25, 0.3) is 0 Å². The summed E-state index contributed by atoms with van der Waals surface area (Å²) in [4.78, 5) is 4.72. The molecule has 0 aromatic rings. The van der Waals surface area contributed by atoms with E-state index < -0.39 is 0 Å². The summed E-state index contributed by atoms with van der Waals surface area (Å²) in [5, 5.41) is 10.0. The Morgan fingerprint density at radius 2 is 1.90 bits per heavy atom. The molecular formula is C16H34N2O2. The van der Waals surface area contributed by atoms with E-state index in [1.54, 1.807) is 0 Å². The largest absolute Gasteiger partial charge is 0.389 e. The molecule has 1 saturated heterocycles. The standard InChI is InChI=1S/C16H34N2O2/c1-6-17(8-7-13(2)3)9-10-20-16-12-18(14(4)5)11-15(16)19/h13-16,19H,6-12H2,1-5H3/t15-,16+/m0/s1. The molecule has 0 aromatic heterocycles. The maximum absolute atomic E-state index is 10.0. The fourth-order valence-corrected chi connectivity index (χ4v) is 2.57. The molecule has 1 aliphatic rings. The predicted octanol–water partition coefficient (Wildman–Crippen LogP) is 1.82. The number of likely N-dealkylation sites (N-methyl/N-ethyl adjacent to an activating group) is 1. The van der Waals surface area contributed by atoms with Crippen molar-refractivity contribution in [3.63, 3.8) is 0 Å². The van der Waals surface area contributed by atoms with Crippen molar-refractivity contribution in [3.8, 4) is 0 Å². The van der Waals surface area contributed by atoms with Gasteiger partial charge in [0.05, 0.1) is 18.8 Å². The van der Waals surface area contributed by atoms with E-state index in [0.29, 0.717) is 6.04 Å². The Bertz CT molecular complexity index is 259. The Morgan fingerprint density at radius 3 is 2.40 bits per heavy atom. The number of rotatable bonds is 9. The summed E-state index contributed by atoms with van der Waals surface area (Å²) in [5.41, 5.74) is 0. The number of nitrogens with zero attached hydrogens (tertiary/aromatic N) is 2. The monoisotopic (exact) mass is 286 g/mol. The Hall–Kier alpha value is -0.160. The molecule has 1 heterocycles. The second kappa shape index (κ2) is 8.98. The van der Waals surface area contributed by atoms with Gasteiger partial charge < -0.3 is 14.7 Å². The molecule has 2 atom stereocenters. The quantitative estimate of drug-likeness (QED) is 0.701. The van der Waals surface area contributed by atoms with E-state index >= 15 is 0 Å². The first kappa shape index (κ1) is 17.9. The lowest BCUT2D eigenvalue weighted by Crippen LogP contribution is -2.34. The highest BCUT2D eigenvalue weighted by atomic mass is 16.5. The van der Waals surface area contributed by atoms with E-state index in [4.69, 9.17) is 4.74 Å². The smallest absolute Gasteiger partial charge is 0.0973 e. The molecule has 1 aliphatic heterocycles. The van der Waals surface area contributed by atoms with Gasteiger partial charge in [-0.2, -0.15) is 0 Å². The molecule has 0 amide bonds. The van der Waals surface area contributed by atoms with Crippen LogP contribution in [0.1, 0.15) is 41.0 Å². The SMILES string of the molecule is CCN(CCO[C@@H]1CN(C(C)C)C[C@@H]1O)CCC(C)C. The molecular weight excluding hydrogens is 252 g/mol. The molecule has 0 radical (unpaired) electrons. The van der Waals surface area contributed by atoms with Crippen molar-refractivity contribution in [2.75, 3.05) is 39.3 Å². The van der Waals surface area contributed by atoms with Crippen LogP contribution in [0.4, 0.5) is 0 Å². The second-order valence-electron chi connectivity index (χ2n) is 6.64. The minimum Gasteiger partial charge on any atom is -0.389 e. The van der Waals surface area contributed by atoms with Gasteiger partial charge >= 0.3 is 0 Å². The van der Waals surface area contributed by atoms with Gasteiger partial charge in [0, 0.05) is 25.7 Å². The van der Waals surface area contributed by atoms with Gasteiger partial charge in [-0.25, -0.2) is 0 Å². The number of aliphatic hydroxyl groups is 1. The van der Waals surface area contributed by atoms with Gasteiger partial charge in [-0.1, -0.05) is 20.8 Å². The van der Waals surface area contributed by atoms with Crippen LogP contribution in [0.3, 0.4) is 0 Å². The highest BCUT2D eigenvalue weighted by Gasteiger charge is 2.33. The van der Waals surface area contributed by atoms with Crippen LogP contribution >= 0.6 is 0 Å². The molecule has 120 valence electrons. The topological polar surface area (TPSA) is 35.9 Å². The molecule has 0 saturated carbocycles. The first-order valence-corrected chi connectivity index (χ1v) is 8.20. The zero-order chi connectivity index (χ0) is 15.1. The first-order valence-electron chi connectivity index (χ1n) is 8.20. The van der Waals surface area contributed by atoms with E-state index in [2.05, 4.69) is 44.4 Å². The van der Waals surface area contributed by atoms with Crippen molar-refractivity contribution >= 4 is 0 Å². The zero-order valence-corrected chi connectivity index (χ0v) is 14.0. The highest BCUT2D eigenvalue weighted by molar-refractivity contribution is 4.86. The molecule has 1 N–H and O–H groups in total. The van der Waals surface area contributed by atoms with Gasteiger partial charge in [-0.3, -0.25) is 4.90 Å². The lowest BCUT2D eigenvalue weighted by atomic mass is 10.1. The minimum atomic E-state index is -0.330. The Morgan fingerprint density at radius 1 is 1.20 bits per heavy atom. The summed E-state index contributed by atoms with van der Waals surface area (Å²) in [6.07, 6.45) is 0.894. The van der Waals surface area contributed by atoms with Crippen molar-refractivity contribution in [3.05, 3.63) is 0 Å². The highest BCUT2D eigenvalue weighted by Crippen LogP contribution is 2.16. The van der Waals surface area contributed by atoms with Crippen molar-refractivity contribution in [2.45, 2.75) is 59.3 Å². The number of hydrogen-bond acceptors (Lipinski definition) is 4. The Kier molecular flexibility index (Phi) is 8.03. The molecule has 1 rings (SSSR count). The summed E-state index contributed by atoms with van der Waals surface area (Å²) >= 11 is 0. The molecule has 1 fully saturated rings. The predicted molar refractivity (Wildman–Crippen MR) is 84.0 cm³/mol. The second-order valence-corrected chi connectivity index (χ2v) is 6.64. The van der Waals surface area contributed by atoms with Gasteiger partial charge in [0.1, 0.15) is 0 Å². The zero-order valence-electron chi connectivity index (χ0n) is 14.0. The van der Waals surface area contributed by atoms with Crippen LogP contribution in [-0.2, 0) is 4.74 Å². The minimum absolute atomic E-state index is 0.0128.